The summed E-state index contributed by atoms with van der Waals surface area (Å²) in [4.78, 5) is 21.4. The fourth-order valence-electron chi connectivity index (χ4n) is 5.98. The van der Waals surface area contributed by atoms with Crippen LogP contribution in [0.15, 0.2) is 47.3 Å². The zero-order valence-corrected chi connectivity index (χ0v) is 22.1. The van der Waals surface area contributed by atoms with Gasteiger partial charge in [0.2, 0.25) is 0 Å². The van der Waals surface area contributed by atoms with Gasteiger partial charge >= 0.3 is 0 Å². The van der Waals surface area contributed by atoms with Crippen LogP contribution in [0.3, 0.4) is 0 Å². The minimum Gasteiger partial charge on any atom is -0.369 e. The van der Waals surface area contributed by atoms with Crippen LogP contribution < -0.4 is 10.5 Å². The quantitative estimate of drug-likeness (QED) is 0.409. The Kier molecular flexibility index (Phi) is 6.46. The topological polar surface area (TPSA) is 82.9 Å². The molecule has 1 aliphatic heterocycles. The number of hydrogen-bond donors (Lipinski definition) is 1. The van der Waals surface area contributed by atoms with Crippen molar-refractivity contribution in [1.82, 2.24) is 30.1 Å². The van der Waals surface area contributed by atoms with E-state index in [2.05, 4.69) is 56.3 Å². The number of benzene rings is 2. The molecule has 6 rings (SSSR count). The average molecular weight is 518 g/mol. The van der Waals surface area contributed by atoms with E-state index in [9.17, 15) is 4.79 Å². The molecule has 4 aromatic rings. The van der Waals surface area contributed by atoms with Crippen molar-refractivity contribution >= 4 is 28.2 Å². The van der Waals surface area contributed by atoms with Crippen LogP contribution in [0.4, 0.5) is 5.69 Å². The number of fused-ring (bicyclic) bond motifs is 1. The number of H-pyrrole nitrogens is 1. The summed E-state index contributed by atoms with van der Waals surface area (Å²) in [6.45, 7) is 7.39. The molecule has 1 saturated carbocycles. The largest absolute Gasteiger partial charge is 0.369 e. The lowest BCUT2D eigenvalue weighted by atomic mass is 10.0. The number of hydrogen-bond acceptors (Lipinski definition) is 6. The van der Waals surface area contributed by atoms with Crippen molar-refractivity contribution in [2.75, 3.05) is 31.1 Å². The molecule has 2 aromatic heterocycles. The zero-order chi connectivity index (χ0) is 25.5. The summed E-state index contributed by atoms with van der Waals surface area (Å²) in [6.07, 6.45) is 4.50. The van der Waals surface area contributed by atoms with Gasteiger partial charge in [0.25, 0.3) is 5.56 Å². The third kappa shape index (κ3) is 4.64. The van der Waals surface area contributed by atoms with E-state index in [1.165, 1.54) is 24.1 Å². The van der Waals surface area contributed by atoms with E-state index in [0.717, 1.165) is 66.3 Å². The molecule has 1 aliphatic carbocycles. The number of aryl methyl sites for hydroxylation is 2. The van der Waals surface area contributed by atoms with Crippen molar-refractivity contribution in [3.05, 3.63) is 80.4 Å². The van der Waals surface area contributed by atoms with Crippen LogP contribution in [-0.4, -0.2) is 56.3 Å². The van der Waals surface area contributed by atoms with Crippen molar-refractivity contribution in [1.29, 1.82) is 0 Å². The van der Waals surface area contributed by atoms with E-state index >= 15 is 0 Å². The Morgan fingerprint density at radius 3 is 2.57 bits per heavy atom. The molecule has 0 unspecified atom stereocenters. The third-order valence-electron chi connectivity index (χ3n) is 7.95. The number of pyridine rings is 1. The van der Waals surface area contributed by atoms with Gasteiger partial charge in [0.1, 0.15) is 6.04 Å². The molecule has 0 spiro atoms. The monoisotopic (exact) mass is 517 g/mol. The lowest BCUT2D eigenvalue weighted by Crippen LogP contribution is -2.49. The Morgan fingerprint density at radius 1 is 1.00 bits per heavy atom. The molecule has 2 aromatic carbocycles. The molecule has 3 heterocycles. The Labute approximate surface area is 221 Å². The minimum absolute atomic E-state index is 0.0876. The fourth-order valence-corrected chi connectivity index (χ4v) is 6.15. The van der Waals surface area contributed by atoms with Crippen LogP contribution in [-0.2, 0) is 0 Å². The Balaban J connectivity index is 1.39. The highest BCUT2D eigenvalue weighted by molar-refractivity contribution is 6.30. The van der Waals surface area contributed by atoms with Crippen LogP contribution in [0.1, 0.15) is 60.3 Å². The number of anilines is 1. The summed E-state index contributed by atoms with van der Waals surface area (Å²) < 4.78 is 1.99. The molecule has 1 atom stereocenters. The maximum absolute atomic E-state index is 13.5. The highest BCUT2D eigenvalue weighted by Crippen LogP contribution is 2.35. The average Bonchev–Trinajstić information content (AvgIpc) is 3.59. The smallest absolute Gasteiger partial charge is 0.253 e. The summed E-state index contributed by atoms with van der Waals surface area (Å²) in [7, 11) is 0. The summed E-state index contributed by atoms with van der Waals surface area (Å²) in [6, 6.07) is 14.1. The number of nitrogens with one attached hydrogen (secondary N) is 1. The second-order valence-electron chi connectivity index (χ2n) is 10.4. The summed E-state index contributed by atoms with van der Waals surface area (Å²) >= 11 is 6.32. The van der Waals surface area contributed by atoms with Crippen molar-refractivity contribution in [3.8, 4) is 0 Å². The molecule has 2 aliphatic rings. The number of aromatic amines is 1. The summed E-state index contributed by atoms with van der Waals surface area (Å²) in [5.74, 6) is 0.761. The highest BCUT2D eigenvalue weighted by Gasteiger charge is 2.35. The second kappa shape index (κ2) is 9.91. The minimum atomic E-state index is -0.327. The molecule has 8 nitrogen and oxygen atoms in total. The number of nitrogens with zero attached hydrogens (tertiary/aromatic N) is 6. The maximum Gasteiger partial charge on any atom is 0.253 e. The molecule has 9 heteroatoms. The molecule has 0 radical (unpaired) electrons. The molecule has 192 valence electrons. The lowest BCUT2D eigenvalue weighted by molar-refractivity contribution is 0.197. The van der Waals surface area contributed by atoms with E-state index in [-0.39, 0.29) is 17.6 Å². The molecule has 37 heavy (non-hydrogen) atoms. The van der Waals surface area contributed by atoms with Gasteiger partial charge in [-0.2, -0.15) is 0 Å². The predicted molar refractivity (Wildman–Crippen MR) is 146 cm³/mol. The SMILES string of the molecule is Cc1ccc2[nH]c(=O)c([C@H](c3nnnn3C3CCCC3)N3CCN(c4cc(Cl)ccc4C)CC3)cc2c1. The van der Waals surface area contributed by atoms with Crippen molar-refractivity contribution in [3.63, 3.8) is 0 Å². The van der Waals surface area contributed by atoms with Gasteiger partial charge in [-0.25, -0.2) is 4.68 Å². The number of aromatic nitrogens is 5. The molecule has 0 bridgehead atoms. The summed E-state index contributed by atoms with van der Waals surface area (Å²) in [5.41, 5.74) is 4.98. The summed E-state index contributed by atoms with van der Waals surface area (Å²) in [5, 5.41) is 14.8. The third-order valence-corrected chi connectivity index (χ3v) is 8.18. The normalized spacial score (nSPS) is 18.1. The van der Waals surface area contributed by atoms with E-state index in [1.54, 1.807) is 0 Å². The van der Waals surface area contributed by atoms with E-state index in [1.807, 2.05) is 35.0 Å². The molecular formula is C28H32ClN7O. The van der Waals surface area contributed by atoms with Gasteiger partial charge in [-0.05, 0) is 78.4 Å². The van der Waals surface area contributed by atoms with Gasteiger partial charge in [-0.15, -0.1) is 5.10 Å². The number of rotatable bonds is 5. The Morgan fingerprint density at radius 2 is 1.78 bits per heavy atom. The predicted octanol–water partition coefficient (Wildman–Crippen LogP) is 4.81. The first-order valence-electron chi connectivity index (χ1n) is 13.1. The fraction of sp³-hybridized carbons (Fsp3) is 0.429. The van der Waals surface area contributed by atoms with E-state index in [4.69, 9.17) is 11.6 Å². The molecular weight excluding hydrogens is 486 g/mol. The number of tetrazole rings is 1. The number of halogens is 1. The van der Waals surface area contributed by atoms with Gasteiger partial charge < -0.3 is 9.88 Å². The first-order valence-corrected chi connectivity index (χ1v) is 13.5. The van der Waals surface area contributed by atoms with Crippen molar-refractivity contribution in [2.45, 2.75) is 51.6 Å². The Bertz CT molecular complexity index is 1480. The maximum atomic E-state index is 13.5. The first-order chi connectivity index (χ1) is 18.0. The zero-order valence-electron chi connectivity index (χ0n) is 21.3. The highest BCUT2D eigenvalue weighted by atomic mass is 35.5. The van der Waals surface area contributed by atoms with Crippen molar-refractivity contribution < 1.29 is 0 Å². The standard InChI is InChI=1S/C28H32ClN7O/c1-18-7-10-24-20(15-18)16-23(28(37)30-24)26(27-31-32-33-36(27)22-5-3-4-6-22)35-13-11-34(12-14-35)25-17-21(29)9-8-19(25)2/h7-10,15-17,22,26H,3-6,11-14H2,1-2H3,(H,30,37)/t26-/m1/s1. The van der Waals surface area contributed by atoms with Gasteiger partial charge in [-0.3, -0.25) is 9.69 Å². The van der Waals surface area contributed by atoms with Gasteiger partial charge in [0.15, 0.2) is 5.82 Å². The van der Waals surface area contributed by atoms with Crippen LogP contribution >= 0.6 is 11.6 Å². The molecule has 1 saturated heterocycles. The van der Waals surface area contributed by atoms with Gasteiger partial charge in [0, 0.05) is 48.0 Å². The second-order valence-corrected chi connectivity index (χ2v) is 10.9. The van der Waals surface area contributed by atoms with E-state index in [0.29, 0.717) is 5.56 Å². The lowest BCUT2D eigenvalue weighted by Gasteiger charge is -2.40. The Hall–Kier alpha value is -3.23. The van der Waals surface area contributed by atoms with Crippen LogP contribution in [0, 0.1) is 13.8 Å². The molecule has 2 fully saturated rings. The van der Waals surface area contributed by atoms with Crippen LogP contribution in [0.5, 0.6) is 0 Å². The van der Waals surface area contributed by atoms with Crippen LogP contribution in [0.25, 0.3) is 10.9 Å². The first kappa shape index (κ1) is 24.1. The van der Waals surface area contributed by atoms with Gasteiger partial charge in [0.05, 0.1) is 6.04 Å². The van der Waals surface area contributed by atoms with E-state index < -0.39 is 0 Å². The van der Waals surface area contributed by atoms with Crippen molar-refractivity contribution in [2.24, 2.45) is 0 Å². The number of piperazine rings is 1. The van der Waals surface area contributed by atoms with Crippen LogP contribution in [0.2, 0.25) is 5.02 Å². The molecule has 0 amide bonds. The molecule has 1 N–H and O–H groups in total. The van der Waals surface area contributed by atoms with Gasteiger partial charge in [-0.1, -0.05) is 42.1 Å².